The molecular formula is C22H34O2S. The summed E-state index contributed by atoms with van der Waals surface area (Å²) in [7, 11) is 1.41. The zero-order valence-electron chi connectivity index (χ0n) is 16.0. The fourth-order valence-corrected chi connectivity index (χ4v) is 3.51. The fourth-order valence-electron chi connectivity index (χ4n) is 2.75. The van der Waals surface area contributed by atoms with Crippen molar-refractivity contribution in [3.8, 4) is 0 Å². The molecule has 0 bridgehead atoms. The number of methoxy groups -OCH3 is 1. The van der Waals surface area contributed by atoms with E-state index >= 15 is 0 Å². The van der Waals surface area contributed by atoms with Gasteiger partial charge in [0.05, 0.1) is 12.7 Å². The summed E-state index contributed by atoms with van der Waals surface area (Å²) in [6.07, 6.45) is 15.9. The molecule has 3 heteroatoms. The normalized spacial score (nSPS) is 11.1. The largest absolute Gasteiger partial charge is 0.465 e. The molecule has 0 unspecified atom stereocenters. The van der Waals surface area contributed by atoms with E-state index < -0.39 is 0 Å². The first kappa shape index (κ1) is 21.8. The fraction of sp³-hybridized carbons (Fsp3) is 0.591. The quantitative estimate of drug-likeness (QED) is 0.261. The maximum Gasteiger partial charge on any atom is 0.337 e. The van der Waals surface area contributed by atoms with Crippen molar-refractivity contribution < 1.29 is 9.53 Å². The molecule has 25 heavy (non-hydrogen) atoms. The number of hydrogen-bond donors (Lipinski definition) is 0. The second-order valence-corrected chi connectivity index (χ2v) is 7.49. The Morgan fingerprint density at radius 3 is 2.28 bits per heavy atom. The summed E-state index contributed by atoms with van der Waals surface area (Å²) >= 11 is 1.85. The highest BCUT2D eigenvalue weighted by Crippen LogP contribution is 2.15. The van der Waals surface area contributed by atoms with Gasteiger partial charge in [-0.3, -0.25) is 0 Å². The molecule has 0 atom stereocenters. The van der Waals surface area contributed by atoms with Crippen LogP contribution in [0.3, 0.4) is 0 Å². The van der Waals surface area contributed by atoms with Gasteiger partial charge in [0.2, 0.25) is 0 Å². The van der Waals surface area contributed by atoms with Crippen molar-refractivity contribution in [1.82, 2.24) is 0 Å². The number of thioether (sulfide) groups is 1. The lowest BCUT2D eigenvalue weighted by atomic mass is 10.1. The molecule has 0 radical (unpaired) electrons. The maximum absolute atomic E-state index is 11.5. The molecule has 140 valence electrons. The summed E-state index contributed by atoms with van der Waals surface area (Å²) in [5.74, 6) is 0.886. The summed E-state index contributed by atoms with van der Waals surface area (Å²) in [6, 6.07) is 7.53. The molecule has 0 fully saturated rings. The predicted molar refractivity (Wildman–Crippen MR) is 111 cm³/mol. The number of unbranched alkanes of at least 4 members (excludes halogenated alkanes) is 9. The van der Waals surface area contributed by atoms with Gasteiger partial charge >= 0.3 is 5.97 Å². The van der Waals surface area contributed by atoms with E-state index in [2.05, 4.69) is 18.4 Å². The van der Waals surface area contributed by atoms with Crippen molar-refractivity contribution in [1.29, 1.82) is 0 Å². The average Bonchev–Trinajstić information content (AvgIpc) is 2.65. The highest BCUT2D eigenvalue weighted by molar-refractivity contribution is 8.02. The Hall–Kier alpha value is -1.22. The third-order valence-corrected chi connectivity index (χ3v) is 5.13. The van der Waals surface area contributed by atoms with Gasteiger partial charge in [0.15, 0.2) is 0 Å². The lowest BCUT2D eigenvalue weighted by Crippen LogP contribution is -2.00. The number of carbonyl (C=O) groups excluding carboxylic acids is 1. The second-order valence-electron chi connectivity index (χ2n) is 6.47. The molecule has 0 N–H and O–H groups in total. The lowest BCUT2D eigenvalue weighted by Gasteiger charge is -2.02. The summed E-state index contributed by atoms with van der Waals surface area (Å²) in [5.41, 5.74) is 1.64. The standard InChI is InChI=1S/C22H34O2S/c1-3-4-5-6-7-8-9-10-11-12-17-25-18-16-20-14-13-15-21(19-20)22(23)24-2/h13-16,18-19H,3-12,17H2,1-2H3/b18-16-. The van der Waals surface area contributed by atoms with Gasteiger partial charge in [-0.2, -0.15) is 0 Å². The first-order valence-corrected chi connectivity index (χ1v) is 10.8. The lowest BCUT2D eigenvalue weighted by molar-refractivity contribution is 0.0600. The topological polar surface area (TPSA) is 26.3 Å². The van der Waals surface area contributed by atoms with E-state index in [9.17, 15) is 4.79 Å². The number of ether oxygens (including phenoxy) is 1. The summed E-state index contributed by atoms with van der Waals surface area (Å²) < 4.78 is 4.75. The molecule has 2 nitrogen and oxygen atoms in total. The maximum atomic E-state index is 11.5. The third-order valence-electron chi connectivity index (χ3n) is 4.28. The van der Waals surface area contributed by atoms with Crippen LogP contribution in [0.25, 0.3) is 6.08 Å². The first-order valence-electron chi connectivity index (χ1n) is 9.74. The van der Waals surface area contributed by atoms with Crippen LogP contribution in [0.1, 0.15) is 87.1 Å². The average molecular weight is 363 g/mol. The molecule has 0 aromatic heterocycles. The minimum Gasteiger partial charge on any atom is -0.465 e. The molecule has 1 aromatic rings. The molecular weight excluding hydrogens is 328 g/mol. The monoisotopic (exact) mass is 362 g/mol. The van der Waals surface area contributed by atoms with Crippen molar-refractivity contribution in [3.05, 3.63) is 40.8 Å². The predicted octanol–water partition coefficient (Wildman–Crippen LogP) is 7.10. The van der Waals surface area contributed by atoms with Gasteiger partial charge in [-0.15, -0.1) is 11.8 Å². The van der Waals surface area contributed by atoms with E-state index in [1.165, 1.54) is 77.1 Å². The molecule has 0 saturated carbocycles. The molecule has 0 saturated heterocycles. The Morgan fingerprint density at radius 2 is 1.64 bits per heavy atom. The Kier molecular flexibility index (Phi) is 13.2. The highest BCUT2D eigenvalue weighted by Gasteiger charge is 2.03. The van der Waals surface area contributed by atoms with E-state index in [0.717, 1.165) is 5.56 Å². The zero-order valence-corrected chi connectivity index (χ0v) is 16.8. The van der Waals surface area contributed by atoms with E-state index in [1.54, 1.807) is 6.07 Å². The van der Waals surface area contributed by atoms with Crippen LogP contribution in [0.5, 0.6) is 0 Å². The molecule has 0 aliphatic heterocycles. The van der Waals surface area contributed by atoms with Gasteiger partial charge in [0.1, 0.15) is 0 Å². The van der Waals surface area contributed by atoms with E-state index in [-0.39, 0.29) is 5.97 Å². The van der Waals surface area contributed by atoms with Gasteiger partial charge < -0.3 is 4.74 Å². The Bertz CT molecular complexity index is 497. The number of benzene rings is 1. The summed E-state index contributed by atoms with van der Waals surface area (Å²) in [4.78, 5) is 11.5. The van der Waals surface area contributed by atoms with Crippen molar-refractivity contribution in [2.75, 3.05) is 12.9 Å². The van der Waals surface area contributed by atoms with Crippen LogP contribution in [0.4, 0.5) is 0 Å². The van der Waals surface area contributed by atoms with E-state index in [0.29, 0.717) is 5.56 Å². The molecule has 1 aromatic carbocycles. The van der Waals surface area contributed by atoms with Crippen LogP contribution in [-0.4, -0.2) is 18.8 Å². The number of carbonyl (C=O) groups is 1. The van der Waals surface area contributed by atoms with E-state index in [1.807, 2.05) is 30.0 Å². The summed E-state index contributed by atoms with van der Waals surface area (Å²) in [5, 5.41) is 2.13. The Balaban J connectivity index is 2.02. The Morgan fingerprint density at radius 1 is 1.00 bits per heavy atom. The summed E-state index contributed by atoms with van der Waals surface area (Å²) in [6.45, 7) is 2.27. The van der Waals surface area contributed by atoms with Crippen molar-refractivity contribution in [2.24, 2.45) is 0 Å². The number of esters is 1. The minimum atomic E-state index is -0.284. The van der Waals surface area contributed by atoms with Gasteiger partial charge in [-0.25, -0.2) is 4.79 Å². The van der Waals surface area contributed by atoms with E-state index in [4.69, 9.17) is 4.74 Å². The number of hydrogen-bond acceptors (Lipinski definition) is 3. The zero-order chi connectivity index (χ0) is 18.2. The van der Waals surface area contributed by atoms with Gasteiger partial charge in [-0.1, -0.05) is 76.8 Å². The smallest absolute Gasteiger partial charge is 0.337 e. The van der Waals surface area contributed by atoms with Gasteiger partial charge in [0.25, 0.3) is 0 Å². The molecule has 0 spiro atoms. The molecule has 1 rings (SSSR count). The highest BCUT2D eigenvalue weighted by atomic mass is 32.2. The Labute approximate surface area is 158 Å². The van der Waals surface area contributed by atoms with Crippen LogP contribution in [0.2, 0.25) is 0 Å². The van der Waals surface area contributed by atoms with Crippen LogP contribution in [0, 0.1) is 0 Å². The van der Waals surface area contributed by atoms with Crippen LogP contribution >= 0.6 is 11.8 Å². The van der Waals surface area contributed by atoms with Crippen molar-refractivity contribution in [2.45, 2.75) is 71.1 Å². The SMILES string of the molecule is CCCCCCCCCCCCS/C=C\c1cccc(C(=O)OC)c1. The van der Waals surface area contributed by atoms with Crippen molar-refractivity contribution in [3.63, 3.8) is 0 Å². The van der Waals surface area contributed by atoms with Gasteiger partial charge in [-0.05, 0) is 41.4 Å². The molecule has 0 amide bonds. The molecule has 0 heterocycles. The second kappa shape index (κ2) is 15.1. The van der Waals surface area contributed by atoms with Crippen LogP contribution in [0.15, 0.2) is 29.7 Å². The van der Waals surface area contributed by atoms with Crippen LogP contribution < -0.4 is 0 Å². The van der Waals surface area contributed by atoms with Gasteiger partial charge in [0, 0.05) is 0 Å². The number of rotatable bonds is 14. The molecule has 0 aliphatic carbocycles. The molecule has 0 aliphatic rings. The van der Waals surface area contributed by atoms with Crippen LogP contribution in [-0.2, 0) is 4.74 Å². The first-order chi connectivity index (χ1) is 12.3. The minimum absolute atomic E-state index is 0.284. The van der Waals surface area contributed by atoms with Crippen molar-refractivity contribution >= 4 is 23.8 Å². The third kappa shape index (κ3) is 11.1.